The van der Waals surface area contributed by atoms with E-state index in [1.54, 1.807) is 22.2 Å². The molecule has 2 saturated heterocycles. The lowest BCUT2D eigenvalue weighted by Gasteiger charge is -2.29. The normalized spacial score (nSPS) is 17.3. The second-order valence-corrected chi connectivity index (χ2v) is 15.6. The van der Waals surface area contributed by atoms with E-state index in [2.05, 4.69) is 80.2 Å². The number of ether oxygens (including phenoxy) is 2. The molecule has 0 spiro atoms. The number of rotatable bonds is 8. The molecule has 304 valence electrons. The van der Waals surface area contributed by atoms with Crippen LogP contribution in [0.25, 0.3) is 10.8 Å². The molecule has 4 aromatic rings. The SMILES string of the molecule is COC(=O)N[C@H](C(=O)N1CCC[C@@H]1c1ncc(C#Cc2ccc(C#Cc3cnc([C@@H]4CCCN4C(=O)[C@@H](NC(=O)OC)C(C)C)[nH]3)c3c(C)ccc(C)c23)[nH]1)C(C)C. The van der Waals surface area contributed by atoms with Crippen molar-refractivity contribution in [2.45, 2.75) is 91.4 Å². The molecule has 2 aliphatic heterocycles. The molecular formula is C44H52N8O6. The summed E-state index contributed by atoms with van der Waals surface area (Å²) < 4.78 is 9.52. The van der Waals surface area contributed by atoms with Gasteiger partial charge in [0.25, 0.3) is 0 Å². The first-order valence-electron chi connectivity index (χ1n) is 19.8. The fourth-order valence-corrected chi connectivity index (χ4v) is 7.84. The standard InChI is InChI=1S/C44H52N8O6/c1-25(2)37(49-43(55)57-7)41(53)51-21-9-11-33(51)39-45-23-31(47-39)19-17-29-15-16-30(36-28(6)14-13-27(5)35(29)36)18-20-32-24-46-40(48-32)34-12-10-22-52(34)42(54)38(26(3)4)50-44(56)58-8/h13-16,23-26,33-34,37-38H,9-12,21-22H2,1-8H3,(H,45,47)(H,46,48)(H,49,55)(H,50,56)/t33-,34+,37-,38-/m0/s1. The van der Waals surface area contributed by atoms with Gasteiger partial charge in [-0.2, -0.15) is 0 Å². The fraction of sp³-hybridized carbons (Fsp3) is 0.455. The number of fused-ring (bicyclic) bond motifs is 1. The smallest absolute Gasteiger partial charge is 0.407 e. The van der Waals surface area contributed by atoms with E-state index >= 15 is 0 Å². The Morgan fingerprint density at radius 3 is 1.43 bits per heavy atom. The Morgan fingerprint density at radius 2 is 1.07 bits per heavy atom. The highest BCUT2D eigenvalue weighted by molar-refractivity contribution is 5.97. The summed E-state index contributed by atoms with van der Waals surface area (Å²) in [5.74, 6) is 14.0. The maximum absolute atomic E-state index is 13.6. The summed E-state index contributed by atoms with van der Waals surface area (Å²) in [6, 6.07) is 6.18. The number of aryl methyl sites for hydroxylation is 2. The zero-order valence-corrected chi connectivity index (χ0v) is 34.4. The van der Waals surface area contributed by atoms with Crippen LogP contribution in [0.1, 0.15) is 111 Å². The van der Waals surface area contributed by atoms with Crippen LogP contribution >= 0.6 is 0 Å². The van der Waals surface area contributed by atoms with Gasteiger partial charge in [0.1, 0.15) is 35.1 Å². The number of amides is 4. The molecule has 4 atom stereocenters. The number of benzene rings is 2. The summed E-state index contributed by atoms with van der Waals surface area (Å²) >= 11 is 0. The maximum atomic E-state index is 13.6. The zero-order chi connectivity index (χ0) is 41.7. The second-order valence-electron chi connectivity index (χ2n) is 15.6. The number of hydrogen-bond donors (Lipinski definition) is 4. The lowest BCUT2D eigenvalue weighted by molar-refractivity contribution is -0.136. The summed E-state index contributed by atoms with van der Waals surface area (Å²) in [6.45, 7) is 12.8. The first-order chi connectivity index (χ1) is 27.8. The van der Waals surface area contributed by atoms with Crippen LogP contribution in [-0.2, 0) is 19.1 Å². The molecular weight excluding hydrogens is 737 g/mol. The van der Waals surface area contributed by atoms with Crippen molar-refractivity contribution in [3.8, 4) is 23.7 Å². The summed E-state index contributed by atoms with van der Waals surface area (Å²) in [4.78, 5) is 70.6. The summed E-state index contributed by atoms with van der Waals surface area (Å²) in [5, 5.41) is 7.39. The largest absolute Gasteiger partial charge is 0.453 e. The second kappa shape index (κ2) is 17.9. The number of carbonyl (C=O) groups excluding carboxylic acids is 4. The molecule has 14 nitrogen and oxygen atoms in total. The molecule has 2 aromatic carbocycles. The number of imidazole rings is 2. The van der Waals surface area contributed by atoms with Crippen LogP contribution in [0.5, 0.6) is 0 Å². The maximum Gasteiger partial charge on any atom is 0.407 e. The van der Waals surface area contributed by atoms with Gasteiger partial charge in [0.2, 0.25) is 11.8 Å². The molecule has 4 N–H and O–H groups in total. The summed E-state index contributed by atoms with van der Waals surface area (Å²) in [6.07, 6.45) is 5.23. The fourth-order valence-electron chi connectivity index (χ4n) is 7.84. The van der Waals surface area contributed by atoms with E-state index in [1.165, 1.54) is 14.2 Å². The third kappa shape index (κ3) is 8.81. The van der Waals surface area contributed by atoms with Crippen molar-refractivity contribution in [2.24, 2.45) is 11.8 Å². The topological polar surface area (TPSA) is 175 Å². The van der Waals surface area contributed by atoms with Gasteiger partial charge in [-0.3, -0.25) is 9.59 Å². The molecule has 0 saturated carbocycles. The number of alkyl carbamates (subject to hydrolysis) is 2. The number of methoxy groups -OCH3 is 2. The Hall–Kier alpha value is -6.28. The number of aromatic nitrogens is 4. The van der Waals surface area contributed by atoms with E-state index in [1.807, 2.05) is 39.8 Å². The van der Waals surface area contributed by atoms with Crippen molar-refractivity contribution < 1.29 is 28.7 Å². The van der Waals surface area contributed by atoms with Gasteiger partial charge in [0.15, 0.2) is 0 Å². The van der Waals surface area contributed by atoms with Crippen molar-refractivity contribution in [1.82, 2.24) is 40.4 Å². The van der Waals surface area contributed by atoms with Gasteiger partial charge in [-0.05, 0) is 86.5 Å². The van der Waals surface area contributed by atoms with E-state index in [4.69, 9.17) is 9.47 Å². The van der Waals surface area contributed by atoms with Crippen molar-refractivity contribution in [3.63, 3.8) is 0 Å². The quantitative estimate of drug-likeness (QED) is 0.162. The van der Waals surface area contributed by atoms with Gasteiger partial charge in [-0.15, -0.1) is 0 Å². The number of H-pyrrole nitrogens is 2. The first-order valence-corrected chi connectivity index (χ1v) is 19.8. The minimum absolute atomic E-state index is 0.127. The van der Waals surface area contributed by atoms with Gasteiger partial charge >= 0.3 is 12.2 Å². The molecule has 2 fully saturated rings. The minimum atomic E-state index is -0.714. The molecule has 0 aliphatic carbocycles. The van der Waals surface area contributed by atoms with Gasteiger partial charge in [-0.1, -0.05) is 51.7 Å². The van der Waals surface area contributed by atoms with Gasteiger partial charge in [-0.25, -0.2) is 19.6 Å². The lowest BCUT2D eigenvalue weighted by atomic mass is 9.93. The van der Waals surface area contributed by atoms with Crippen molar-refractivity contribution >= 4 is 34.8 Å². The predicted octanol–water partition coefficient (Wildman–Crippen LogP) is 5.79. The van der Waals surface area contributed by atoms with Crippen LogP contribution in [0, 0.1) is 49.4 Å². The molecule has 0 unspecified atom stereocenters. The van der Waals surface area contributed by atoms with Crippen LogP contribution in [-0.4, -0.2) is 93.1 Å². The first kappa shape index (κ1) is 41.4. The molecule has 58 heavy (non-hydrogen) atoms. The highest BCUT2D eigenvalue weighted by Gasteiger charge is 2.39. The number of carbonyl (C=O) groups is 4. The van der Waals surface area contributed by atoms with E-state index in [9.17, 15) is 19.2 Å². The Bertz CT molecular complexity index is 2160. The van der Waals surface area contributed by atoms with Crippen molar-refractivity contribution in [2.75, 3.05) is 27.3 Å². The number of hydrogen-bond acceptors (Lipinski definition) is 8. The van der Waals surface area contributed by atoms with E-state index in [-0.39, 0.29) is 35.7 Å². The molecule has 4 heterocycles. The Kier molecular flexibility index (Phi) is 12.8. The Balaban J connectivity index is 1.22. The average Bonchev–Trinajstić information content (AvgIpc) is 4.05. The zero-order valence-electron chi connectivity index (χ0n) is 34.4. The summed E-state index contributed by atoms with van der Waals surface area (Å²) in [5.41, 5.74) is 5.08. The third-order valence-electron chi connectivity index (χ3n) is 10.9. The molecule has 0 bridgehead atoms. The lowest BCUT2D eigenvalue weighted by Crippen LogP contribution is -2.51. The number of nitrogens with zero attached hydrogens (tertiary/aromatic N) is 4. The molecule has 2 aromatic heterocycles. The molecule has 4 amide bonds. The average molecular weight is 789 g/mol. The van der Waals surface area contributed by atoms with Gasteiger partial charge < -0.3 is 39.9 Å². The van der Waals surface area contributed by atoms with E-state index < -0.39 is 24.3 Å². The number of nitrogens with one attached hydrogen (secondary N) is 4. The molecule has 6 rings (SSSR count). The monoisotopic (exact) mass is 788 g/mol. The highest BCUT2D eigenvalue weighted by atomic mass is 16.5. The van der Waals surface area contributed by atoms with Crippen LogP contribution in [0.2, 0.25) is 0 Å². The Labute approximate surface area is 339 Å². The number of likely N-dealkylation sites (tertiary alicyclic amines) is 2. The van der Waals surface area contributed by atoms with E-state index in [0.29, 0.717) is 36.1 Å². The highest BCUT2D eigenvalue weighted by Crippen LogP contribution is 2.33. The third-order valence-corrected chi connectivity index (χ3v) is 10.9. The van der Waals surface area contributed by atoms with Gasteiger partial charge in [0.05, 0.1) is 38.7 Å². The van der Waals surface area contributed by atoms with Crippen molar-refractivity contribution in [1.29, 1.82) is 0 Å². The van der Waals surface area contributed by atoms with Crippen LogP contribution in [0.15, 0.2) is 36.7 Å². The summed E-state index contributed by atoms with van der Waals surface area (Å²) in [7, 11) is 2.56. The Morgan fingerprint density at radius 1 is 0.672 bits per heavy atom. The van der Waals surface area contributed by atoms with Gasteiger partial charge in [0, 0.05) is 35.0 Å². The van der Waals surface area contributed by atoms with Crippen molar-refractivity contribution in [3.05, 3.63) is 81.9 Å². The van der Waals surface area contributed by atoms with Crippen LogP contribution in [0.3, 0.4) is 0 Å². The molecule has 2 aliphatic rings. The van der Waals surface area contributed by atoms with Crippen LogP contribution < -0.4 is 10.6 Å². The van der Waals surface area contributed by atoms with Crippen LogP contribution in [0.4, 0.5) is 9.59 Å². The predicted molar refractivity (Wildman–Crippen MR) is 218 cm³/mol. The molecule has 14 heteroatoms. The van der Waals surface area contributed by atoms with E-state index in [0.717, 1.165) is 58.7 Å². The number of aromatic amines is 2. The minimum Gasteiger partial charge on any atom is -0.453 e. The molecule has 0 radical (unpaired) electrons.